The Morgan fingerprint density at radius 3 is 3.09 bits per heavy atom. The van der Waals surface area contributed by atoms with E-state index in [-0.39, 0.29) is 5.91 Å². The van der Waals surface area contributed by atoms with Gasteiger partial charge in [0.2, 0.25) is 0 Å². The zero-order valence-electron chi connectivity index (χ0n) is 13.5. The molecule has 1 aliphatic rings. The van der Waals surface area contributed by atoms with E-state index < -0.39 is 0 Å². The summed E-state index contributed by atoms with van der Waals surface area (Å²) in [5, 5.41) is 4.36. The fourth-order valence-corrected chi connectivity index (χ4v) is 3.22. The van der Waals surface area contributed by atoms with Crippen LogP contribution in [0.25, 0.3) is 0 Å². The van der Waals surface area contributed by atoms with E-state index in [4.69, 9.17) is 0 Å². The molecule has 1 unspecified atom stereocenters. The summed E-state index contributed by atoms with van der Waals surface area (Å²) in [7, 11) is 3.74. The lowest BCUT2D eigenvalue weighted by molar-refractivity contribution is 0.0763. The van der Waals surface area contributed by atoms with Crippen molar-refractivity contribution in [1.82, 2.24) is 24.2 Å². The lowest BCUT2D eigenvalue weighted by Crippen LogP contribution is -2.35. The molecule has 1 aliphatic heterocycles. The number of nitrogens with zero attached hydrogens (tertiary/aromatic N) is 5. The van der Waals surface area contributed by atoms with Crippen molar-refractivity contribution >= 4 is 5.91 Å². The summed E-state index contributed by atoms with van der Waals surface area (Å²) in [6.45, 7) is 3.79. The average molecular weight is 301 g/mol. The highest BCUT2D eigenvalue weighted by Gasteiger charge is 2.24. The van der Waals surface area contributed by atoms with Crippen LogP contribution in [0, 0.1) is 5.92 Å². The van der Waals surface area contributed by atoms with E-state index in [2.05, 4.69) is 14.6 Å². The molecule has 1 atom stereocenters. The Bertz CT molecular complexity index is 672. The van der Waals surface area contributed by atoms with Crippen LogP contribution in [0.15, 0.2) is 18.6 Å². The van der Waals surface area contributed by atoms with Crippen LogP contribution in [0.2, 0.25) is 0 Å². The summed E-state index contributed by atoms with van der Waals surface area (Å²) in [5.41, 5.74) is 1.60. The van der Waals surface area contributed by atoms with Crippen molar-refractivity contribution < 1.29 is 4.79 Å². The number of imidazole rings is 1. The van der Waals surface area contributed by atoms with E-state index in [1.54, 1.807) is 4.68 Å². The lowest BCUT2D eigenvalue weighted by atomic mass is 9.97. The maximum absolute atomic E-state index is 12.7. The Hall–Kier alpha value is -2.11. The minimum atomic E-state index is 0.0684. The first-order valence-electron chi connectivity index (χ1n) is 7.86. The van der Waals surface area contributed by atoms with Gasteiger partial charge in [-0.1, -0.05) is 6.92 Å². The van der Waals surface area contributed by atoms with Crippen molar-refractivity contribution in [3.8, 4) is 0 Å². The van der Waals surface area contributed by atoms with Crippen molar-refractivity contribution in [2.24, 2.45) is 13.0 Å². The standard InChI is InChI=1S/C16H23N5O/c1-4-14-13(11-20(3)18-14)16(22)19(2)10-12-5-7-21-8-6-17-15(21)9-12/h6,8,11-12H,4-5,7,9-10H2,1-3H3. The van der Waals surface area contributed by atoms with Crippen LogP contribution in [0.5, 0.6) is 0 Å². The predicted octanol–water partition coefficient (Wildman–Crippen LogP) is 1.51. The average Bonchev–Trinajstić information content (AvgIpc) is 3.11. The van der Waals surface area contributed by atoms with Gasteiger partial charge in [0.1, 0.15) is 5.82 Å². The number of carbonyl (C=O) groups is 1. The summed E-state index contributed by atoms with van der Waals surface area (Å²) in [4.78, 5) is 18.9. The molecular formula is C16H23N5O. The van der Waals surface area contributed by atoms with Gasteiger partial charge in [0.25, 0.3) is 5.91 Å². The molecule has 22 heavy (non-hydrogen) atoms. The minimum absolute atomic E-state index is 0.0684. The van der Waals surface area contributed by atoms with Gasteiger partial charge in [-0.3, -0.25) is 9.48 Å². The Kier molecular flexibility index (Phi) is 4.00. The number of carbonyl (C=O) groups excluding carboxylic acids is 1. The van der Waals surface area contributed by atoms with Crippen molar-refractivity contribution in [1.29, 1.82) is 0 Å². The van der Waals surface area contributed by atoms with Crippen LogP contribution in [0.1, 0.15) is 35.2 Å². The van der Waals surface area contributed by atoms with E-state index >= 15 is 0 Å². The quantitative estimate of drug-likeness (QED) is 0.860. The number of aryl methyl sites for hydroxylation is 3. The molecule has 0 aliphatic carbocycles. The molecule has 0 N–H and O–H groups in total. The SMILES string of the molecule is CCc1nn(C)cc1C(=O)N(C)CC1CCn2ccnc2C1. The van der Waals surface area contributed by atoms with Gasteiger partial charge in [-0.2, -0.15) is 5.10 Å². The van der Waals surface area contributed by atoms with Gasteiger partial charge in [0.05, 0.1) is 11.3 Å². The molecule has 0 spiro atoms. The normalized spacial score (nSPS) is 17.3. The Morgan fingerprint density at radius 2 is 2.32 bits per heavy atom. The van der Waals surface area contributed by atoms with Crippen LogP contribution >= 0.6 is 0 Å². The fourth-order valence-electron chi connectivity index (χ4n) is 3.22. The largest absolute Gasteiger partial charge is 0.341 e. The molecule has 6 nitrogen and oxygen atoms in total. The summed E-state index contributed by atoms with van der Waals surface area (Å²) in [5.74, 6) is 1.68. The molecule has 0 saturated heterocycles. The maximum Gasteiger partial charge on any atom is 0.257 e. The van der Waals surface area contributed by atoms with Crippen LogP contribution in [0.3, 0.4) is 0 Å². The van der Waals surface area contributed by atoms with Gasteiger partial charge in [-0.25, -0.2) is 4.98 Å². The third kappa shape index (κ3) is 2.77. The molecule has 2 aromatic rings. The molecule has 0 radical (unpaired) electrons. The van der Waals surface area contributed by atoms with Gasteiger partial charge in [0, 0.05) is 52.2 Å². The number of hydrogen-bond acceptors (Lipinski definition) is 3. The van der Waals surface area contributed by atoms with Crippen molar-refractivity contribution in [2.45, 2.75) is 32.7 Å². The van der Waals surface area contributed by atoms with Gasteiger partial charge in [-0.15, -0.1) is 0 Å². The summed E-state index contributed by atoms with van der Waals surface area (Å²) >= 11 is 0. The molecule has 118 valence electrons. The molecule has 6 heteroatoms. The van der Waals surface area contributed by atoms with E-state index in [0.717, 1.165) is 49.4 Å². The second-order valence-electron chi connectivity index (χ2n) is 6.10. The molecule has 0 bridgehead atoms. The smallest absolute Gasteiger partial charge is 0.257 e. The molecule has 1 amide bonds. The molecule has 3 rings (SSSR count). The first kappa shape index (κ1) is 14.8. The first-order valence-corrected chi connectivity index (χ1v) is 7.86. The van der Waals surface area contributed by atoms with Gasteiger partial charge >= 0.3 is 0 Å². The third-order valence-corrected chi connectivity index (χ3v) is 4.40. The molecule has 0 saturated carbocycles. The summed E-state index contributed by atoms with van der Waals surface area (Å²) in [6.07, 6.45) is 8.52. The molecule has 2 aromatic heterocycles. The fraction of sp³-hybridized carbons (Fsp3) is 0.562. The van der Waals surface area contributed by atoms with Crippen molar-refractivity contribution in [2.75, 3.05) is 13.6 Å². The Morgan fingerprint density at radius 1 is 1.50 bits per heavy atom. The highest BCUT2D eigenvalue weighted by atomic mass is 16.2. The van der Waals surface area contributed by atoms with Gasteiger partial charge < -0.3 is 9.47 Å². The monoisotopic (exact) mass is 301 g/mol. The second kappa shape index (κ2) is 5.94. The number of rotatable bonds is 4. The molecule has 0 fully saturated rings. The minimum Gasteiger partial charge on any atom is -0.341 e. The predicted molar refractivity (Wildman–Crippen MR) is 83.6 cm³/mol. The number of amides is 1. The molecule has 3 heterocycles. The highest BCUT2D eigenvalue weighted by Crippen LogP contribution is 2.20. The van der Waals surface area contributed by atoms with Crippen molar-refractivity contribution in [3.05, 3.63) is 35.7 Å². The van der Waals surface area contributed by atoms with Gasteiger partial charge in [0.15, 0.2) is 0 Å². The number of fused-ring (bicyclic) bond motifs is 1. The molecule has 0 aromatic carbocycles. The van der Waals surface area contributed by atoms with Crippen LogP contribution < -0.4 is 0 Å². The van der Waals surface area contributed by atoms with Gasteiger partial charge in [-0.05, 0) is 18.8 Å². The lowest BCUT2D eigenvalue weighted by Gasteiger charge is -2.27. The van der Waals surface area contributed by atoms with E-state index in [9.17, 15) is 4.79 Å². The second-order valence-corrected chi connectivity index (χ2v) is 6.10. The number of hydrogen-bond donors (Lipinski definition) is 0. The Balaban J connectivity index is 1.67. The van der Waals surface area contributed by atoms with E-state index in [0.29, 0.717) is 5.92 Å². The third-order valence-electron chi connectivity index (χ3n) is 4.40. The summed E-state index contributed by atoms with van der Waals surface area (Å²) < 4.78 is 3.92. The Labute approximate surface area is 130 Å². The highest BCUT2D eigenvalue weighted by molar-refractivity contribution is 5.95. The van der Waals surface area contributed by atoms with Crippen LogP contribution in [0.4, 0.5) is 0 Å². The first-order chi connectivity index (χ1) is 10.6. The van der Waals surface area contributed by atoms with E-state index in [1.165, 1.54) is 0 Å². The van der Waals surface area contributed by atoms with Crippen LogP contribution in [-0.4, -0.2) is 43.7 Å². The zero-order valence-corrected chi connectivity index (χ0v) is 13.5. The van der Waals surface area contributed by atoms with Crippen molar-refractivity contribution in [3.63, 3.8) is 0 Å². The van der Waals surface area contributed by atoms with Crippen LogP contribution in [-0.2, 0) is 26.4 Å². The topological polar surface area (TPSA) is 56.0 Å². The maximum atomic E-state index is 12.7. The number of aromatic nitrogens is 4. The zero-order chi connectivity index (χ0) is 15.7. The molecular weight excluding hydrogens is 278 g/mol. The van der Waals surface area contributed by atoms with E-state index in [1.807, 2.05) is 44.5 Å². The summed E-state index contributed by atoms with van der Waals surface area (Å²) in [6, 6.07) is 0.